The Morgan fingerprint density at radius 2 is 1.85 bits per heavy atom. The number of rotatable bonds is 9. The first kappa shape index (κ1) is 24.8. The molecule has 178 valence electrons. The summed E-state index contributed by atoms with van der Waals surface area (Å²) in [6.07, 6.45) is 5.82. The van der Waals surface area contributed by atoms with Gasteiger partial charge in [-0.25, -0.2) is 0 Å². The van der Waals surface area contributed by atoms with Crippen LogP contribution < -0.4 is 20.1 Å². The minimum absolute atomic E-state index is 0.0381. The highest BCUT2D eigenvalue weighted by Crippen LogP contribution is 2.30. The monoisotopic (exact) mass is 461 g/mol. The first-order chi connectivity index (χ1) is 16.5. The Morgan fingerprint density at radius 3 is 2.56 bits per heavy atom. The average molecular weight is 462 g/mol. The fraction of sp³-hybridized carbons (Fsp3) is 0.370. The van der Waals surface area contributed by atoms with Gasteiger partial charge >= 0.3 is 0 Å². The Balaban J connectivity index is 1.68. The van der Waals surface area contributed by atoms with Gasteiger partial charge in [0.05, 0.1) is 6.61 Å². The van der Waals surface area contributed by atoms with Crippen molar-refractivity contribution in [2.24, 2.45) is 5.92 Å². The van der Waals surface area contributed by atoms with Crippen molar-refractivity contribution in [1.82, 2.24) is 5.32 Å². The third kappa shape index (κ3) is 7.11. The maximum Gasteiger partial charge on any atom is 0.262 e. The Morgan fingerprint density at radius 1 is 1.09 bits per heavy atom. The lowest BCUT2D eigenvalue weighted by Crippen LogP contribution is -2.41. The molecule has 1 aliphatic carbocycles. The van der Waals surface area contributed by atoms with Crippen LogP contribution in [0, 0.1) is 17.2 Å². The molecule has 2 aromatic rings. The lowest BCUT2D eigenvalue weighted by molar-refractivity contribution is -0.119. The van der Waals surface area contributed by atoms with Gasteiger partial charge in [-0.1, -0.05) is 44.0 Å². The molecular formula is C27H31N3O4. The lowest BCUT2D eigenvalue weighted by atomic mass is 9.86. The van der Waals surface area contributed by atoms with E-state index in [9.17, 15) is 14.9 Å². The summed E-state index contributed by atoms with van der Waals surface area (Å²) in [5.74, 6) is 0.580. The van der Waals surface area contributed by atoms with Gasteiger partial charge in [-0.15, -0.1) is 0 Å². The molecule has 2 aromatic carbocycles. The number of nitriles is 1. The van der Waals surface area contributed by atoms with E-state index < -0.39 is 0 Å². The zero-order chi connectivity index (χ0) is 24.3. The molecule has 0 heterocycles. The van der Waals surface area contributed by atoms with Gasteiger partial charge in [0.25, 0.3) is 11.8 Å². The van der Waals surface area contributed by atoms with E-state index in [4.69, 9.17) is 9.47 Å². The van der Waals surface area contributed by atoms with Gasteiger partial charge in [0.15, 0.2) is 18.1 Å². The van der Waals surface area contributed by atoms with Crippen LogP contribution in [0.4, 0.5) is 5.69 Å². The number of hydrogen-bond donors (Lipinski definition) is 2. The SMILES string of the molecule is CCOc1cc(/C=C(\C#N)C(=O)N[C@@H]2CCCC[C@H]2C)ccc1OCC(=O)Nc1ccccc1. The van der Waals surface area contributed by atoms with E-state index in [0.29, 0.717) is 35.3 Å². The van der Waals surface area contributed by atoms with Gasteiger partial charge in [-0.3, -0.25) is 9.59 Å². The summed E-state index contributed by atoms with van der Waals surface area (Å²) in [5, 5.41) is 15.3. The second-order valence-corrected chi connectivity index (χ2v) is 8.35. The van der Waals surface area contributed by atoms with Gasteiger partial charge in [-0.05, 0) is 61.6 Å². The Kier molecular flexibility index (Phi) is 9.10. The number of anilines is 1. The van der Waals surface area contributed by atoms with Gasteiger partial charge in [0.1, 0.15) is 11.6 Å². The number of ether oxygens (including phenoxy) is 2. The lowest BCUT2D eigenvalue weighted by Gasteiger charge is -2.29. The van der Waals surface area contributed by atoms with Crippen molar-refractivity contribution < 1.29 is 19.1 Å². The molecule has 0 aromatic heterocycles. The molecule has 3 rings (SSSR count). The van der Waals surface area contributed by atoms with Crippen molar-refractivity contribution in [1.29, 1.82) is 5.26 Å². The average Bonchev–Trinajstić information content (AvgIpc) is 2.84. The van der Waals surface area contributed by atoms with E-state index >= 15 is 0 Å². The fourth-order valence-electron chi connectivity index (χ4n) is 3.96. The second-order valence-electron chi connectivity index (χ2n) is 8.35. The second kappa shape index (κ2) is 12.4. The highest BCUT2D eigenvalue weighted by Gasteiger charge is 2.24. The zero-order valence-electron chi connectivity index (χ0n) is 19.7. The number of benzene rings is 2. The maximum absolute atomic E-state index is 12.7. The number of hydrogen-bond acceptors (Lipinski definition) is 5. The molecule has 1 saturated carbocycles. The highest BCUT2D eigenvalue weighted by atomic mass is 16.5. The molecule has 0 saturated heterocycles. The molecule has 1 aliphatic rings. The summed E-state index contributed by atoms with van der Waals surface area (Å²) in [6.45, 7) is 4.18. The summed E-state index contributed by atoms with van der Waals surface area (Å²) in [6, 6.07) is 16.3. The molecule has 0 spiro atoms. The van der Waals surface area contributed by atoms with E-state index in [1.54, 1.807) is 30.3 Å². The summed E-state index contributed by atoms with van der Waals surface area (Å²) < 4.78 is 11.3. The van der Waals surface area contributed by atoms with Crippen LogP contribution >= 0.6 is 0 Å². The van der Waals surface area contributed by atoms with Crippen molar-refractivity contribution in [2.45, 2.75) is 45.6 Å². The smallest absolute Gasteiger partial charge is 0.262 e. The predicted octanol–water partition coefficient (Wildman–Crippen LogP) is 4.70. The predicted molar refractivity (Wildman–Crippen MR) is 131 cm³/mol. The number of para-hydroxylation sites is 1. The quantitative estimate of drug-likeness (QED) is 0.416. The van der Waals surface area contributed by atoms with E-state index in [1.807, 2.05) is 31.2 Å². The molecule has 7 nitrogen and oxygen atoms in total. The molecule has 1 fully saturated rings. The fourth-order valence-corrected chi connectivity index (χ4v) is 3.96. The number of carbonyl (C=O) groups is 2. The van der Waals surface area contributed by atoms with Crippen LogP contribution in [0.15, 0.2) is 54.1 Å². The molecule has 2 N–H and O–H groups in total. The number of nitrogens with one attached hydrogen (secondary N) is 2. The van der Waals surface area contributed by atoms with Crippen LogP contribution in [-0.2, 0) is 9.59 Å². The van der Waals surface area contributed by atoms with E-state index in [2.05, 4.69) is 17.6 Å². The maximum atomic E-state index is 12.7. The Hall–Kier alpha value is -3.79. The minimum atomic E-state index is -0.364. The molecule has 0 radical (unpaired) electrons. The van der Waals surface area contributed by atoms with Crippen molar-refractivity contribution in [3.63, 3.8) is 0 Å². The van der Waals surface area contributed by atoms with Gasteiger partial charge < -0.3 is 20.1 Å². The van der Waals surface area contributed by atoms with Crippen molar-refractivity contribution in [2.75, 3.05) is 18.5 Å². The molecule has 7 heteroatoms. The third-order valence-electron chi connectivity index (χ3n) is 5.79. The molecule has 0 bridgehead atoms. The minimum Gasteiger partial charge on any atom is -0.490 e. The molecule has 34 heavy (non-hydrogen) atoms. The summed E-state index contributed by atoms with van der Waals surface area (Å²) in [5.41, 5.74) is 1.36. The standard InChI is InChI=1S/C27H31N3O4/c1-3-33-25-16-20(15-21(17-28)27(32)30-23-12-8-7-9-19(23)2)13-14-24(25)34-18-26(31)29-22-10-5-4-6-11-22/h4-6,10-11,13-16,19,23H,3,7-9,12,18H2,1-2H3,(H,29,31)(H,30,32)/b21-15+/t19-,23-/m1/s1. The molecule has 2 amide bonds. The van der Waals surface area contributed by atoms with Crippen LogP contribution in [0.5, 0.6) is 11.5 Å². The number of nitrogens with zero attached hydrogens (tertiary/aromatic N) is 1. The topological polar surface area (TPSA) is 100 Å². The molecule has 0 aliphatic heterocycles. The van der Waals surface area contributed by atoms with Crippen LogP contribution in [0.2, 0.25) is 0 Å². The number of amides is 2. The van der Waals surface area contributed by atoms with E-state index in [1.165, 1.54) is 12.5 Å². The Labute approximate surface area is 200 Å². The van der Waals surface area contributed by atoms with Crippen LogP contribution in [0.1, 0.15) is 45.1 Å². The van der Waals surface area contributed by atoms with Gasteiger partial charge in [0, 0.05) is 11.7 Å². The highest BCUT2D eigenvalue weighted by molar-refractivity contribution is 6.02. The van der Waals surface area contributed by atoms with Crippen molar-refractivity contribution >= 4 is 23.6 Å². The van der Waals surface area contributed by atoms with Crippen LogP contribution in [-0.4, -0.2) is 31.1 Å². The zero-order valence-corrected chi connectivity index (χ0v) is 19.7. The first-order valence-corrected chi connectivity index (χ1v) is 11.7. The summed E-state index contributed by atoms with van der Waals surface area (Å²) in [7, 11) is 0. The van der Waals surface area contributed by atoms with Gasteiger partial charge in [0.2, 0.25) is 0 Å². The molecule has 2 atom stereocenters. The molecular weight excluding hydrogens is 430 g/mol. The summed E-state index contributed by atoms with van der Waals surface area (Å²) >= 11 is 0. The largest absolute Gasteiger partial charge is 0.490 e. The Bertz CT molecular complexity index is 1060. The summed E-state index contributed by atoms with van der Waals surface area (Å²) in [4.78, 5) is 24.9. The van der Waals surface area contributed by atoms with Gasteiger partial charge in [-0.2, -0.15) is 5.26 Å². The van der Waals surface area contributed by atoms with E-state index in [-0.39, 0.29) is 30.0 Å². The van der Waals surface area contributed by atoms with Crippen LogP contribution in [0.25, 0.3) is 6.08 Å². The molecule has 0 unspecified atom stereocenters. The third-order valence-corrected chi connectivity index (χ3v) is 5.79. The van der Waals surface area contributed by atoms with E-state index in [0.717, 1.165) is 19.3 Å². The number of carbonyl (C=O) groups excluding carboxylic acids is 2. The van der Waals surface area contributed by atoms with Crippen LogP contribution in [0.3, 0.4) is 0 Å². The van der Waals surface area contributed by atoms with Crippen molar-refractivity contribution in [3.8, 4) is 17.6 Å². The van der Waals surface area contributed by atoms with Crippen molar-refractivity contribution in [3.05, 3.63) is 59.7 Å². The first-order valence-electron chi connectivity index (χ1n) is 11.7. The normalized spacial score (nSPS) is 17.9.